The van der Waals surface area contributed by atoms with Crippen LogP contribution in [-0.4, -0.2) is 21.5 Å². The second kappa shape index (κ2) is 5.26. The van der Waals surface area contributed by atoms with Gasteiger partial charge in [-0.3, -0.25) is 20.2 Å². The van der Waals surface area contributed by atoms with E-state index in [-0.39, 0.29) is 12.2 Å². The van der Waals surface area contributed by atoms with Crippen LogP contribution in [0, 0.1) is 10.1 Å². The van der Waals surface area contributed by atoms with Gasteiger partial charge in [0.05, 0.1) is 9.40 Å². The van der Waals surface area contributed by atoms with Crippen LogP contribution in [0.25, 0.3) is 0 Å². The molecule has 0 spiro atoms. The van der Waals surface area contributed by atoms with Crippen molar-refractivity contribution < 1.29 is 14.8 Å². The van der Waals surface area contributed by atoms with Crippen molar-refractivity contribution in [2.75, 3.05) is 0 Å². The Bertz CT molecular complexity index is 528. The molecule has 19 heavy (non-hydrogen) atoms. The lowest BCUT2D eigenvalue weighted by Gasteiger charge is -2.38. The molecule has 0 radical (unpaired) electrons. The van der Waals surface area contributed by atoms with Gasteiger partial charge in [0.2, 0.25) is 0 Å². The van der Waals surface area contributed by atoms with E-state index in [1.54, 1.807) is 12.1 Å². The number of hydrogen-bond donors (Lipinski definition) is 2. The monoisotopic (exact) mass is 328 g/mol. The van der Waals surface area contributed by atoms with Crippen molar-refractivity contribution in [1.29, 1.82) is 0 Å². The predicted octanol–water partition coefficient (Wildman–Crippen LogP) is 2.45. The first-order chi connectivity index (χ1) is 8.96. The molecule has 0 saturated heterocycles. The first kappa shape index (κ1) is 14.0. The molecular weight excluding hydrogens is 316 g/mol. The Kier molecular flexibility index (Phi) is 3.86. The summed E-state index contributed by atoms with van der Waals surface area (Å²) in [5.41, 5.74) is -0.205. The number of nitrogens with zero attached hydrogens (tertiary/aromatic N) is 1. The summed E-state index contributed by atoms with van der Waals surface area (Å²) < 4.78 is 0.396. The van der Waals surface area contributed by atoms with Crippen LogP contribution < -0.4 is 5.32 Å². The van der Waals surface area contributed by atoms with Crippen molar-refractivity contribution in [3.8, 4) is 0 Å². The molecule has 0 bridgehead atoms. The van der Waals surface area contributed by atoms with Crippen molar-refractivity contribution in [1.82, 2.24) is 5.32 Å². The molecule has 0 unspecified atom stereocenters. The zero-order chi connectivity index (χ0) is 14.0. The van der Waals surface area contributed by atoms with Gasteiger partial charge in [0.1, 0.15) is 5.54 Å². The Balaban J connectivity index is 2.14. The van der Waals surface area contributed by atoms with E-state index in [1.807, 2.05) is 0 Å². The van der Waals surface area contributed by atoms with E-state index in [2.05, 4.69) is 21.2 Å². The number of carbonyl (C=O) groups is 1. The average Bonchev–Trinajstić information content (AvgIpc) is 2.28. The Morgan fingerprint density at radius 3 is 2.68 bits per heavy atom. The minimum atomic E-state index is -0.871. The number of aliphatic carboxylic acids is 1. The van der Waals surface area contributed by atoms with Crippen LogP contribution in [0.1, 0.15) is 24.8 Å². The van der Waals surface area contributed by atoms with E-state index in [1.165, 1.54) is 6.07 Å². The second-order valence-corrected chi connectivity index (χ2v) is 5.39. The molecule has 7 heteroatoms. The first-order valence-corrected chi connectivity index (χ1v) is 6.66. The number of rotatable bonds is 5. The SMILES string of the molecule is O=C(O)C1(NCc2cccc([N+](=O)[O-])c2Br)CCC1. The van der Waals surface area contributed by atoms with E-state index >= 15 is 0 Å². The number of nitrogens with one attached hydrogen (secondary N) is 1. The number of nitro groups is 1. The van der Waals surface area contributed by atoms with Gasteiger partial charge in [-0.15, -0.1) is 0 Å². The third-order valence-electron chi connectivity index (χ3n) is 3.49. The van der Waals surface area contributed by atoms with Gasteiger partial charge in [-0.1, -0.05) is 12.1 Å². The van der Waals surface area contributed by atoms with Crippen molar-refractivity contribution in [2.24, 2.45) is 0 Å². The lowest BCUT2D eigenvalue weighted by molar-refractivity contribution is -0.385. The molecule has 2 N–H and O–H groups in total. The minimum Gasteiger partial charge on any atom is -0.480 e. The maximum Gasteiger partial charge on any atom is 0.323 e. The Labute approximate surface area is 118 Å². The molecule has 1 fully saturated rings. The summed E-state index contributed by atoms with van der Waals surface area (Å²) in [5, 5.41) is 23.0. The van der Waals surface area contributed by atoms with Crippen LogP contribution in [0.4, 0.5) is 5.69 Å². The van der Waals surface area contributed by atoms with E-state index in [4.69, 9.17) is 0 Å². The molecule has 0 aromatic heterocycles. The average molecular weight is 329 g/mol. The molecule has 1 saturated carbocycles. The third kappa shape index (κ3) is 2.62. The summed E-state index contributed by atoms with van der Waals surface area (Å²) in [7, 11) is 0. The van der Waals surface area contributed by atoms with Gasteiger partial charge in [-0.25, -0.2) is 0 Å². The van der Waals surface area contributed by atoms with Gasteiger partial charge in [-0.05, 0) is 40.8 Å². The number of hydrogen-bond acceptors (Lipinski definition) is 4. The molecule has 0 aliphatic heterocycles. The standard InChI is InChI=1S/C12H13BrN2O4/c13-10-8(3-1-4-9(10)15(18)19)7-14-12(11(16)17)5-2-6-12/h1,3-4,14H,2,5-7H2,(H,16,17). The van der Waals surface area contributed by atoms with E-state index in [9.17, 15) is 20.0 Å². The lowest BCUT2D eigenvalue weighted by Crippen LogP contribution is -2.56. The molecule has 0 atom stereocenters. The quantitative estimate of drug-likeness (QED) is 0.639. The number of carboxylic acid groups (broad SMARTS) is 1. The molecule has 1 aliphatic rings. The summed E-state index contributed by atoms with van der Waals surface area (Å²) in [6.45, 7) is 0.286. The van der Waals surface area contributed by atoms with Crippen molar-refractivity contribution >= 4 is 27.6 Å². The van der Waals surface area contributed by atoms with Gasteiger partial charge in [0.25, 0.3) is 5.69 Å². The van der Waals surface area contributed by atoms with Gasteiger partial charge < -0.3 is 5.11 Å². The summed E-state index contributed by atoms with van der Waals surface area (Å²) in [4.78, 5) is 21.5. The minimum absolute atomic E-state index is 0.0164. The Morgan fingerprint density at radius 1 is 1.53 bits per heavy atom. The summed E-state index contributed by atoms with van der Waals surface area (Å²) >= 11 is 3.20. The Morgan fingerprint density at radius 2 is 2.21 bits per heavy atom. The molecule has 0 heterocycles. The fourth-order valence-electron chi connectivity index (χ4n) is 2.10. The third-order valence-corrected chi connectivity index (χ3v) is 4.40. The molecule has 0 amide bonds. The molecule has 1 aromatic carbocycles. The summed E-state index contributed by atoms with van der Waals surface area (Å²) in [6, 6.07) is 4.73. The smallest absolute Gasteiger partial charge is 0.323 e. The van der Waals surface area contributed by atoms with E-state index in [0.717, 1.165) is 6.42 Å². The van der Waals surface area contributed by atoms with E-state index < -0.39 is 16.4 Å². The molecule has 6 nitrogen and oxygen atoms in total. The van der Waals surface area contributed by atoms with Gasteiger partial charge >= 0.3 is 5.97 Å². The first-order valence-electron chi connectivity index (χ1n) is 5.86. The van der Waals surface area contributed by atoms with Crippen molar-refractivity contribution in [3.05, 3.63) is 38.3 Å². The predicted molar refractivity (Wildman–Crippen MR) is 71.9 cm³/mol. The highest BCUT2D eigenvalue weighted by atomic mass is 79.9. The lowest BCUT2D eigenvalue weighted by atomic mass is 9.76. The zero-order valence-electron chi connectivity index (χ0n) is 10.1. The van der Waals surface area contributed by atoms with Crippen LogP contribution in [0.3, 0.4) is 0 Å². The van der Waals surface area contributed by atoms with Gasteiger partial charge in [-0.2, -0.15) is 0 Å². The Hall–Kier alpha value is -1.47. The highest BCUT2D eigenvalue weighted by Crippen LogP contribution is 2.34. The molecular formula is C12H13BrN2O4. The van der Waals surface area contributed by atoms with Crippen LogP contribution in [0.5, 0.6) is 0 Å². The zero-order valence-corrected chi connectivity index (χ0v) is 11.6. The fourth-order valence-corrected chi connectivity index (χ4v) is 2.65. The van der Waals surface area contributed by atoms with Crippen LogP contribution >= 0.6 is 15.9 Å². The number of benzene rings is 1. The highest BCUT2D eigenvalue weighted by Gasteiger charge is 2.43. The maximum atomic E-state index is 11.2. The molecule has 2 rings (SSSR count). The largest absolute Gasteiger partial charge is 0.480 e. The summed E-state index contributed by atoms with van der Waals surface area (Å²) in [6.07, 6.45) is 2.07. The number of halogens is 1. The van der Waals surface area contributed by atoms with Crippen LogP contribution in [0.2, 0.25) is 0 Å². The molecule has 1 aliphatic carbocycles. The van der Waals surface area contributed by atoms with Crippen LogP contribution in [-0.2, 0) is 11.3 Å². The van der Waals surface area contributed by atoms with Gasteiger partial charge in [0.15, 0.2) is 0 Å². The van der Waals surface area contributed by atoms with Crippen molar-refractivity contribution in [3.63, 3.8) is 0 Å². The topological polar surface area (TPSA) is 92.5 Å². The molecule has 102 valence electrons. The maximum absolute atomic E-state index is 11.2. The fraction of sp³-hybridized carbons (Fsp3) is 0.417. The highest BCUT2D eigenvalue weighted by molar-refractivity contribution is 9.10. The summed E-state index contributed by atoms with van der Waals surface area (Å²) in [5.74, 6) is -0.861. The normalized spacial score (nSPS) is 16.7. The second-order valence-electron chi connectivity index (χ2n) is 4.60. The van der Waals surface area contributed by atoms with Crippen molar-refractivity contribution in [2.45, 2.75) is 31.3 Å². The number of carboxylic acids is 1. The van der Waals surface area contributed by atoms with Gasteiger partial charge in [0, 0.05) is 12.6 Å². The van der Waals surface area contributed by atoms with Crippen LogP contribution in [0.15, 0.2) is 22.7 Å². The number of nitro benzene ring substituents is 1. The molecule has 1 aromatic rings. The van der Waals surface area contributed by atoms with E-state index in [0.29, 0.717) is 22.9 Å².